The maximum Gasteiger partial charge on any atom is 0.251 e. The number of ether oxygens (including phenoxy) is 2. The zero-order valence-electron chi connectivity index (χ0n) is 14.2. The summed E-state index contributed by atoms with van der Waals surface area (Å²) in [5.74, 6) is 1.28. The molecule has 0 aromatic heterocycles. The second-order valence-corrected chi connectivity index (χ2v) is 5.86. The van der Waals surface area contributed by atoms with Crippen LogP contribution in [0.2, 0.25) is 0 Å². The molecule has 1 amide bonds. The Morgan fingerprint density at radius 1 is 1.22 bits per heavy atom. The fraction of sp³-hybridized carbons (Fsp3) is 0.611. The first-order chi connectivity index (χ1) is 11.2. The van der Waals surface area contributed by atoms with Crippen LogP contribution in [-0.4, -0.2) is 38.3 Å². The number of benzene rings is 1. The van der Waals surface area contributed by atoms with Crippen molar-refractivity contribution in [1.82, 2.24) is 10.6 Å². The molecule has 0 aliphatic carbocycles. The van der Waals surface area contributed by atoms with Crippen LogP contribution in [0.1, 0.15) is 49.9 Å². The van der Waals surface area contributed by atoms with E-state index >= 15 is 0 Å². The summed E-state index contributed by atoms with van der Waals surface area (Å²) in [5.41, 5.74) is 0.609. The number of nitrogens with one attached hydrogen (secondary N) is 2. The summed E-state index contributed by atoms with van der Waals surface area (Å²) in [6.45, 7) is 7.07. The SMILES string of the molecule is CCCOc1ccc(C(=O)NCC2CCCN2)cc1OCCC. The van der Waals surface area contributed by atoms with E-state index in [0.29, 0.717) is 42.9 Å². The lowest BCUT2D eigenvalue weighted by Gasteiger charge is -2.15. The topological polar surface area (TPSA) is 59.6 Å². The zero-order chi connectivity index (χ0) is 16.5. The predicted octanol–water partition coefficient (Wildman–Crippen LogP) is 2.75. The van der Waals surface area contributed by atoms with E-state index < -0.39 is 0 Å². The first kappa shape index (κ1) is 17.6. The second-order valence-electron chi connectivity index (χ2n) is 5.86. The average Bonchev–Trinajstić information content (AvgIpc) is 3.09. The van der Waals surface area contributed by atoms with Gasteiger partial charge < -0.3 is 20.1 Å². The highest BCUT2D eigenvalue weighted by Crippen LogP contribution is 2.29. The molecule has 1 aliphatic rings. The molecule has 128 valence electrons. The molecule has 23 heavy (non-hydrogen) atoms. The van der Waals surface area contributed by atoms with Crippen molar-refractivity contribution in [2.24, 2.45) is 0 Å². The van der Waals surface area contributed by atoms with Gasteiger partial charge >= 0.3 is 0 Å². The Kier molecular flexibility index (Phi) is 7.20. The molecule has 0 radical (unpaired) electrons. The van der Waals surface area contributed by atoms with Gasteiger partial charge in [0.05, 0.1) is 13.2 Å². The Bertz CT molecular complexity index is 499. The van der Waals surface area contributed by atoms with Crippen LogP contribution < -0.4 is 20.1 Å². The largest absolute Gasteiger partial charge is 0.490 e. The van der Waals surface area contributed by atoms with Gasteiger partial charge in [0, 0.05) is 18.2 Å². The first-order valence-corrected chi connectivity index (χ1v) is 8.65. The van der Waals surface area contributed by atoms with Crippen molar-refractivity contribution in [2.45, 2.75) is 45.6 Å². The maximum atomic E-state index is 12.3. The highest BCUT2D eigenvalue weighted by molar-refractivity contribution is 5.94. The summed E-state index contributed by atoms with van der Waals surface area (Å²) in [4.78, 5) is 12.3. The van der Waals surface area contributed by atoms with Gasteiger partial charge in [0.1, 0.15) is 0 Å². The highest BCUT2D eigenvalue weighted by atomic mass is 16.5. The zero-order valence-corrected chi connectivity index (χ0v) is 14.2. The summed E-state index contributed by atoms with van der Waals surface area (Å²) in [6.07, 6.45) is 4.15. The molecule has 2 rings (SSSR count). The molecule has 0 bridgehead atoms. The van der Waals surface area contributed by atoms with E-state index in [9.17, 15) is 4.79 Å². The first-order valence-electron chi connectivity index (χ1n) is 8.65. The quantitative estimate of drug-likeness (QED) is 0.734. The van der Waals surface area contributed by atoms with Crippen molar-refractivity contribution in [2.75, 3.05) is 26.3 Å². The number of amides is 1. The Hall–Kier alpha value is -1.75. The molecule has 1 atom stereocenters. The van der Waals surface area contributed by atoms with Crippen LogP contribution in [0, 0.1) is 0 Å². The molecule has 1 saturated heterocycles. The Labute approximate surface area is 138 Å². The Balaban J connectivity index is 2.00. The minimum atomic E-state index is -0.0675. The van der Waals surface area contributed by atoms with E-state index in [2.05, 4.69) is 24.5 Å². The second kappa shape index (κ2) is 9.40. The summed E-state index contributed by atoms with van der Waals surface area (Å²) >= 11 is 0. The summed E-state index contributed by atoms with van der Waals surface area (Å²) < 4.78 is 11.4. The number of hydrogen-bond donors (Lipinski definition) is 2. The molecule has 1 aromatic rings. The van der Waals surface area contributed by atoms with E-state index in [1.54, 1.807) is 12.1 Å². The van der Waals surface area contributed by atoms with Gasteiger partial charge in [0.2, 0.25) is 0 Å². The van der Waals surface area contributed by atoms with Gasteiger partial charge in [0.15, 0.2) is 11.5 Å². The number of hydrogen-bond acceptors (Lipinski definition) is 4. The summed E-state index contributed by atoms with van der Waals surface area (Å²) in [7, 11) is 0. The van der Waals surface area contributed by atoms with Crippen LogP contribution in [0.15, 0.2) is 18.2 Å². The smallest absolute Gasteiger partial charge is 0.251 e. The van der Waals surface area contributed by atoms with E-state index in [0.717, 1.165) is 25.8 Å². The molecule has 0 spiro atoms. The van der Waals surface area contributed by atoms with Gasteiger partial charge in [0.25, 0.3) is 5.91 Å². The molecule has 1 aromatic carbocycles. The lowest BCUT2D eigenvalue weighted by molar-refractivity contribution is 0.0949. The Morgan fingerprint density at radius 3 is 2.61 bits per heavy atom. The summed E-state index contributed by atoms with van der Waals surface area (Å²) in [6, 6.07) is 5.78. The van der Waals surface area contributed by atoms with Gasteiger partial charge in [-0.1, -0.05) is 13.8 Å². The molecule has 0 saturated carbocycles. The fourth-order valence-corrected chi connectivity index (χ4v) is 2.55. The fourth-order valence-electron chi connectivity index (χ4n) is 2.55. The molecule has 1 aliphatic heterocycles. The average molecular weight is 320 g/mol. The van der Waals surface area contributed by atoms with Crippen molar-refractivity contribution in [3.8, 4) is 11.5 Å². The minimum absolute atomic E-state index is 0.0675. The third-order valence-corrected chi connectivity index (χ3v) is 3.80. The third kappa shape index (κ3) is 5.43. The van der Waals surface area contributed by atoms with E-state index in [1.165, 1.54) is 6.42 Å². The third-order valence-electron chi connectivity index (χ3n) is 3.80. The van der Waals surface area contributed by atoms with Gasteiger partial charge in [-0.25, -0.2) is 0 Å². The number of carbonyl (C=O) groups is 1. The van der Waals surface area contributed by atoms with Crippen molar-refractivity contribution in [3.63, 3.8) is 0 Å². The van der Waals surface area contributed by atoms with Crippen LogP contribution in [0.5, 0.6) is 11.5 Å². The normalized spacial score (nSPS) is 17.0. The van der Waals surface area contributed by atoms with Gasteiger partial charge in [-0.2, -0.15) is 0 Å². The summed E-state index contributed by atoms with van der Waals surface area (Å²) in [5, 5.41) is 6.36. The molecule has 1 heterocycles. The lowest BCUT2D eigenvalue weighted by Crippen LogP contribution is -2.37. The molecule has 2 N–H and O–H groups in total. The predicted molar refractivity (Wildman–Crippen MR) is 91.4 cm³/mol. The van der Waals surface area contributed by atoms with Crippen molar-refractivity contribution < 1.29 is 14.3 Å². The van der Waals surface area contributed by atoms with Crippen LogP contribution >= 0.6 is 0 Å². The molecular weight excluding hydrogens is 292 g/mol. The van der Waals surface area contributed by atoms with Gasteiger partial charge in [-0.15, -0.1) is 0 Å². The van der Waals surface area contributed by atoms with E-state index in [4.69, 9.17) is 9.47 Å². The van der Waals surface area contributed by atoms with Gasteiger partial charge in [-0.3, -0.25) is 4.79 Å². The van der Waals surface area contributed by atoms with Crippen molar-refractivity contribution >= 4 is 5.91 Å². The van der Waals surface area contributed by atoms with Gasteiger partial charge in [-0.05, 0) is 50.4 Å². The minimum Gasteiger partial charge on any atom is -0.490 e. The lowest BCUT2D eigenvalue weighted by atomic mass is 10.1. The number of carbonyl (C=O) groups excluding carboxylic acids is 1. The molecule has 5 heteroatoms. The Morgan fingerprint density at radius 2 is 1.96 bits per heavy atom. The van der Waals surface area contributed by atoms with Crippen LogP contribution in [0.25, 0.3) is 0 Å². The molecule has 1 unspecified atom stereocenters. The van der Waals surface area contributed by atoms with Crippen LogP contribution in [0.4, 0.5) is 0 Å². The van der Waals surface area contributed by atoms with Crippen molar-refractivity contribution in [3.05, 3.63) is 23.8 Å². The van der Waals surface area contributed by atoms with Crippen molar-refractivity contribution in [1.29, 1.82) is 0 Å². The molecular formula is C18H28N2O3. The molecule has 1 fully saturated rings. The standard InChI is InChI=1S/C18H28N2O3/c1-3-10-22-16-8-7-14(12-17(16)23-11-4-2)18(21)20-13-15-6-5-9-19-15/h7-8,12,15,19H,3-6,9-11,13H2,1-2H3,(H,20,21). The van der Waals surface area contributed by atoms with Crippen LogP contribution in [0.3, 0.4) is 0 Å². The van der Waals surface area contributed by atoms with E-state index in [-0.39, 0.29) is 5.91 Å². The molecule has 5 nitrogen and oxygen atoms in total. The van der Waals surface area contributed by atoms with Crippen LogP contribution in [-0.2, 0) is 0 Å². The van der Waals surface area contributed by atoms with E-state index in [1.807, 2.05) is 6.07 Å². The maximum absolute atomic E-state index is 12.3. The monoisotopic (exact) mass is 320 g/mol. The highest BCUT2D eigenvalue weighted by Gasteiger charge is 2.16. The number of rotatable bonds is 9.